The smallest absolute Gasteiger partial charge is 0.131 e. The topological polar surface area (TPSA) is 12.9 Å². The van der Waals surface area contributed by atoms with E-state index in [0.29, 0.717) is 10.3 Å². The molecule has 0 unspecified atom stereocenters. The number of benzene rings is 1. The number of aromatic nitrogens is 1. The van der Waals surface area contributed by atoms with Crippen molar-refractivity contribution in [1.82, 2.24) is 4.98 Å². The first-order chi connectivity index (χ1) is 8.21. The molecule has 0 spiro atoms. The quantitative estimate of drug-likeness (QED) is 0.729. The van der Waals surface area contributed by atoms with E-state index in [-0.39, 0.29) is 5.41 Å². The second-order valence-electron chi connectivity index (χ2n) is 4.45. The molecule has 86 valence electrons. The summed E-state index contributed by atoms with van der Waals surface area (Å²) in [6.07, 6.45) is 2.29. The van der Waals surface area contributed by atoms with Gasteiger partial charge in [0.1, 0.15) is 10.3 Å². The molecule has 1 saturated carbocycles. The Balaban J connectivity index is 2.09. The van der Waals surface area contributed by atoms with Gasteiger partial charge in [0.15, 0.2) is 0 Å². The van der Waals surface area contributed by atoms with E-state index >= 15 is 0 Å². The van der Waals surface area contributed by atoms with Crippen LogP contribution in [0.15, 0.2) is 42.5 Å². The molecule has 0 radical (unpaired) electrons. The highest BCUT2D eigenvalue weighted by molar-refractivity contribution is 6.32. The number of pyridine rings is 1. The second kappa shape index (κ2) is 4.01. The minimum atomic E-state index is 0.109. The Hall–Kier alpha value is -1.05. The highest BCUT2D eigenvalue weighted by Gasteiger charge is 2.46. The zero-order valence-electron chi connectivity index (χ0n) is 9.16. The van der Waals surface area contributed by atoms with Gasteiger partial charge < -0.3 is 0 Å². The molecule has 1 aliphatic rings. The van der Waals surface area contributed by atoms with Gasteiger partial charge >= 0.3 is 0 Å². The Morgan fingerprint density at radius 3 is 2.00 bits per heavy atom. The van der Waals surface area contributed by atoms with Crippen molar-refractivity contribution in [3.63, 3.8) is 0 Å². The summed E-state index contributed by atoms with van der Waals surface area (Å²) < 4.78 is 0. The molecule has 0 bridgehead atoms. The van der Waals surface area contributed by atoms with Crippen molar-refractivity contribution >= 4 is 23.2 Å². The predicted molar refractivity (Wildman–Crippen MR) is 70.7 cm³/mol. The molecule has 1 aliphatic carbocycles. The van der Waals surface area contributed by atoms with Crippen LogP contribution in [0, 0.1) is 0 Å². The van der Waals surface area contributed by atoms with E-state index in [0.717, 1.165) is 12.8 Å². The van der Waals surface area contributed by atoms with Gasteiger partial charge in [-0.25, -0.2) is 4.98 Å². The van der Waals surface area contributed by atoms with Gasteiger partial charge in [-0.1, -0.05) is 53.5 Å². The predicted octanol–water partition coefficient (Wildman–Crippen LogP) is 4.47. The lowest BCUT2D eigenvalue weighted by atomic mass is 9.89. The molecule has 2 aromatic rings. The fourth-order valence-electron chi connectivity index (χ4n) is 2.37. The molecule has 1 aromatic carbocycles. The summed E-state index contributed by atoms with van der Waals surface area (Å²) in [5.41, 5.74) is 2.62. The maximum absolute atomic E-state index is 5.98. The van der Waals surface area contributed by atoms with Gasteiger partial charge in [0, 0.05) is 5.41 Å². The average Bonchev–Trinajstić information content (AvgIpc) is 3.10. The molecular weight excluding hydrogens is 253 g/mol. The summed E-state index contributed by atoms with van der Waals surface area (Å²) in [5.74, 6) is 0. The van der Waals surface area contributed by atoms with Crippen molar-refractivity contribution < 1.29 is 0 Å². The van der Waals surface area contributed by atoms with Crippen LogP contribution in [0.5, 0.6) is 0 Å². The van der Waals surface area contributed by atoms with E-state index in [4.69, 9.17) is 23.2 Å². The van der Waals surface area contributed by atoms with E-state index in [1.165, 1.54) is 11.1 Å². The maximum Gasteiger partial charge on any atom is 0.131 e. The number of rotatable bonds is 2. The van der Waals surface area contributed by atoms with Crippen LogP contribution in [0.3, 0.4) is 0 Å². The van der Waals surface area contributed by atoms with Crippen LogP contribution >= 0.6 is 23.2 Å². The van der Waals surface area contributed by atoms with E-state index in [1.54, 1.807) is 0 Å². The summed E-state index contributed by atoms with van der Waals surface area (Å²) in [4.78, 5) is 4.00. The molecule has 0 atom stereocenters. The molecule has 1 aromatic heterocycles. The fraction of sp³-hybridized carbons (Fsp3) is 0.214. The van der Waals surface area contributed by atoms with Crippen LogP contribution in [0.4, 0.5) is 0 Å². The summed E-state index contributed by atoms with van der Waals surface area (Å²) in [7, 11) is 0. The van der Waals surface area contributed by atoms with Crippen molar-refractivity contribution in [2.45, 2.75) is 18.3 Å². The SMILES string of the molecule is Clc1cc(C2(c3ccccc3)CC2)cc(Cl)n1. The Kier molecular flexibility index (Phi) is 2.61. The highest BCUT2D eigenvalue weighted by Crippen LogP contribution is 2.53. The summed E-state index contributed by atoms with van der Waals surface area (Å²) in [6, 6.07) is 14.3. The first kappa shape index (κ1) is 11.1. The number of hydrogen-bond acceptors (Lipinski definition) is 1. The number of nitrogens with zero attached hydrogens (tertiary/aromatic N) is 1. The van der Waals surface area contributed by atoms with Crippen LogP contribution in [-0.4, -0.2) is 4.98 Å². The minimum Gasteiger partial charge on any atom is -0.224 e. The van der Waals surface area contributed by atoms with Gasteiger partial charge in [-0.2, -0.15) is 0 Å². The van der Waals surface area contributed by atoms with Gasteiger partial charge in [0.2, 0.25) is 0 Å². The summed E-state index contributed by atoms with van der Waals surface area (Å²) in [5, 5.41) is 0.935. The third kappa shape index (κ3) is 1.94. The molecule has 1 fully saturated rings. The zero-order valence-corrected chi connectivity index (χ0v) is 10.7. The number of halogens is 2. The number of hydrogen-bond donors (Lipinski definition) is 0. The van der Waals surface area contributed by atoms with Crippen molar-refractivity contribution in [3.05, 3.63) is 63.9 Å². The Morgan fingerprint density at radius 2 is 1.47 bits per heavy atom. The Labute approximate surface area is 110 Å². The average molecular weight is 264 g/mol. The van der Waals surface area contributed by atoms with Crippen molar-refractivity contribution in [2.75, 3.05) is 0 Å². The van der Waals surface area contributed by atoms with Crippen LogP contribution < -0.4 is 0 Å². The Bertz CT molecular complexity index is 527. The van der Waals surface area contributed by atoms with E-state index in [9.17, 15) is 0 Å². The normalized spacial score (nSPS) is 16.8. The van der Waals surface area contributed by atoms with Crippen LogP contribution in [0.1, 0.15) is 24.0 Å². The molecule has 0 saturated heterocycles. The van der Waals surface area contributed by atoms with Crippen molar-refractivity contribution in [2.24, 2.45) is 0 Å². The first-order valence-electron chi connectivity index (χ1n) is 5.60. The Morgan fingerprint density at radius 1 is 0.882 bits per heavy atom. The maximum atomic E-state index is 5.98. The molecule has 1 heterocycles. The minimum absolute atomic E-state index is 0.109. The molecule has 0 aliphatic heterocycles. The molecule has 0 N–H and O–H groups in total. The second-order valence-corrected chi connectivity index (χ2v) is 5.22. The molecule has 3 rings (SSSR count). The van der Waals surface area contributed by atoms with Gasteiger partial charge in [-0.15, -0.1) is 0 Å². The van der Waals surface area contributed by atoms with Crippen LogP contribution in [0.2, 0.25) is 10.3 Å². The lowest BCUT2D eigenvalue weighted by Gasteiger charge is -2.16. The summed E-state index contributed by atoms with van der Waals surface area (Å²) in [6.45, 7) is 0. The van der Waals surface area contributed by atoms with Crippen molar-refractivity contribution in [1.29, 1.82) is 0 Å². The highest BCUT2D eigenvalue weighted by atomic mass is 35.5. The summed E-state index contributed by atoms with van der Waals surface area (Å²) >= 11 is 12.0. The van der Waals surface area contributed by atoms with Crippen LogP contribution in [-0.2, 0) is 5.41 Å². The zero-order chi connectivity index (χ0) is 11.9. The van der Waals surface area contributed by atoms with Gasteiger partial charge in [-0.3, -0.25) is 0 Å². The lowest BCUT2D eigenvalue weighted by Crippen LogP contribution is -2.08. The van der Waals surface area contributed by atoms with Gasteiger partial charge in [0.05, 0.1) is 0 Å². The van der Waals surface area contributed by atoms with Gasteiger partial charge in [0.25, 0.3) is 0 Å². The first-order valence-corrected chi connectivity index (χ1v) is 6.35. The van der Waals surface area contributed by atoms with E-state index < -0.39 is 0 Å². The molecule has 17 heavy (non-hydrogen) atoms. The molecule has 1 nitrogen and oxygen atoms in total. The largest absolute Gasteiger partial charge is 0.224 e. The van der Waals surface area contributed by atoms with Crippen LogP contribution in [0.25, 0.3) is 0 Å². The third-order valence-electron chi connectivity index (χ3n) is 3.39. The fourth-order valence-corrected chi connectivity index (χ4v) is 2.83. The van der Waals surface area contributed by atoms with E-state index in [2.05, 4.69) is 29.2 Å². The van der Waals surface area contributed by atoms with E-state index in [1.807, 2.05) is 18.2 Å². The monoisotopic (exact) mass is 263 g/mol. The third-order valence-corrected chi connectivity index (χ3v) is 3.78. The van der Waals surface area contributed by atoms with Gasteiger partial charge in [-0.05, 0) is 36.1 Å². The lowest BCUT2D eigenvalue weighted by molar-refractivity contribution is 0.844. The molecule has 0 amide bonds. The molecule has 3 heteroatoms. The molecular formula is C14H11Cl2N. The van der Waals surface area contributed by atoms with Crippen molar-refractivity contribution in [3.8, 4) is 0 Å². The standard InChI is InChI=1S/C14H11Cl2N/c15-12-8-11(9-13(16)17-12)14(6-7-14)10-4-2-1-3-5-10/h1-5,8-9H,6-7H2.